The number of carbonyl (C=O) groups is 3. The number of rotatable bonds is 9. The van der Waals surface area contributed by atoms with Gasteiger partial charge in [0.05, 0.1) is 23.8 Å². The van der Waals surface area contributed by atoms with E-state index in [1.54, 1.807) is 37.3 Å². The standard InChI is InChI=1S/C32H26F3N7O7/c1-4-46-21-11-10-17(15-36)12-22(21)49-31-39-27-25(38-24(43)16-37-27)29(40-31)48-23-14-18(28(44)41-32(33,34)35)13-20(30(45)42(2)3)26(23)47-19-8-6-5-7-9-19/h5-14H,4,16H2,1-3H3,(H,38,43)(H,41,44)(H,37,39,40). The fourth-order valence-electron chi connectivity index (χ4n) is 4.39. The molecule has 49 heavy (non-hydrogen) atoms. The van der Waals surface area contributed by atoms with Crippen LogP contribution in [0.2, 0.25) is 0 Å². The lowest BCUT2D eigenvalue weighted by Gasteiger charge is -2.26. The molecule has 3 N–H and O–H groups in total. The number of nitriles is 1. The van der Waals surface area contributed by atoms with Gasteiger partial charge in [0.2, 0.25) is 5.91 Å². The summed E-state index contributed by atoms with van der Waals surface area (Å²) in [6, 6.07) is 16.1. The Balaban J connectivity index is 1.68. The predicted molar refractivity (Wildman–Crippen MR) is 166 cm³/mol. The summed E-state index contributed by atoms with van der Waals surface area (Å²) < 4.78 is 63.3. The zero-order valence-corrected chi connectivity index (χ0v) is 26.0. The first-order chi connectivity index (χ1) is 23.3. The van der Waals surface area contributed by atoms with Crippen LogP contribution in [0.15, 0.2) is 82.2 Å². The highest BCUT2D eigenvalue weighted by Gasteiger charge is 2.34. The van der Waals surface area contributed by atoms with Crippen molar-refractivity contribution >= 4 is 29.6 Å². The van der Waals surface area contributed by atoms with Gasteiger partial charge in [-0.3, -0.25) is 30.0 Å². The second-order valence-corrected chi connectivity index (χ2v) is 10.3. The third-order valence-corrected chi connectivity index (χ3v) is 6.48. The minimum atomic E-state index is -5.10. The van der Waals surface area contributed by atoms with Crippen LogP contribution in [0.5, 0.6) is 28.7 Å². The number of nitrogens with one attached hydrogen (secondary N) is 3. The zero-order chi connectivity index (χ0) is 35.3. The normalized spacial score (nSPS) is 13.8. The largest absolute Gasteiger partial charge is 0.490 e. The molecule has 0 bridgehead atoms. The lowest BCUT2D eigenvalue weighted by molar-refractivity contribution is -0.146. The number of aliphatic imine (C=N–C) groups is 2. The summed E-state index contributed by atoms with van der Waals surface area (Å²) in [5, 5.41) is 15.7. The maximum Gasteiger partial charge on any atom is 0.484 e. The lowest BCUT2D eigenvalue weighted by atomic mass is 10.1. The quantitative estimate of drug-likeness (QED) is 0.284. The minimum absolute atomic E-state index is 0.0232. The fourth-order valence-corrected chi connectivity index (χ4v) is 4.39. The number of amides is 3. The van der Waals surface area contributed by atoms with Crippen LogP contribution in [0, 0.1) is 11.3 Å². The van der Waals surface area contributed by atoms with Crippen molar-refractivity contribution < 1.29 is 46.5 Å². The molecule has 252 valence electrons. The van der Waals surface area contributed by atoms with Gasteiger partial charge in [-0.15, -0.1) is 0 Å². The van der Waals surface area contributed by atoms with Crippen molar-refractivity contribution in [2.75, 3.05) is 27.2 Å². The average Bonchev–Trinajstić information content (AvgIpc) is 3.05. The first kappa shape index (κ1) is 33.8. The summed E-state index contributed by atoms with van der Waals surface area (Å²) in [6.07, 6.45) is -5.10. The highest BCUT2D eigenvalue weighted by atomic mass is 19.4. The number of alkyl halides is 3. The lowest BCUT2D eigenvalue weighted by Crippen LogP contribution is -2.48. The Morgan fingerprint density at radius 3 is 2.43 bits per heavy atom. The maximum atomic E-state index is 13.4. The van der Waals surface area contributed by atoms with Gasteiger partial charge < -0.3 is 29.2 Å². The van der Waals surface area contributed by atoms with Crippen LogP contribution in [-0.4, -0.2) is 68.0 Å². The van der Waals surface area contributed by atoms with E-state index in [2.05, 4.69) is 20.6 Å². The van der Waals surface area contributed by atoms with E-state index in [0.717, 1.165) is 22.3 Å². The van der Waals surface area contributed by atoms with Crippen LogP contribution in [0.3, 0.4) is 0 Å². The Morgan fingerprint density at radius 2 is 1.76 bits per heavy atom. The Morgan fingerprint density at radius 1 is 1.00 bits per heavy atom. The Bertz CT molecular complexity index is 1950. The topological polar surface area (TPSA) is 176 Å². The molecule has 5 rings (SSSR count). The second-order valence-electron chi connectivity index (χ2n) is 10.3. The number of fused-ring (bicyclic) bond motifs is 1. The van der Waals surface area contributed by atoms with Crippen LogP contribution in [-0.2, 0) is 4.79 Å². The molecule has 3 aromatic rings. The summed E-state index contributed by atoms with van der Waals surface area (Å²) in [5.41, 5.74) is -0.820. The molecular formula is C32H26F3N7O7. The number of benzene rings is 3. The monoisotopic (exact) mass is 677 g/mol. The summed E-state index contributed by atoms with van der Waals surface area (Å²) >= 11 is 0. The van der Waals surface area contributed by atoms with Gasteiger partial charge in [-0.25, -0.2) is 0 Å². The van der Waals surface area contributed by atoms with E-state index in [1.807, 2.05) is 6.07 Å². The van der Waals surface area contributed by atoms with E-state index in [9.17, 15) is 32.8 Å². The molecule has 0 fully saturated rings. The van der Waals surface area contributed by atoms with Gasteiger partial charge in [0.15, 0.2) is 28.8 Å². The van der Waals surface area contributed by atoms with Gasteiger partial charge in [0.25, 0.3) is 17.7 Å². The molecule has 0 aliphatic carbocycles. The van der Waals surface area contributed by atoms with E-state index in [0.29, 0.717) is 0 Å². The fraction of sp³-hybridized carbons (Fsp3) is 0.188. The van der Waals surface area contributed by atoms with Crippen molar-refractivity contribution in [1.82, 2.24) is 20.9 Å². The molecule has 0 aromatic heterocycles. The van der Waals surface area contributed by atoms with Crippen LogP contribution < -0.4 is 34.9 Å². The molecule has 2 aliphatic heterocycles. The van der Waals surface area contributed by atoms with Crippen molar-refractivity contribution in [3.8, 4) is 34.8 Å². The summed E-state index contributed by atoms with van der Waals surface area (Å²) in [5.74, 6) is -3.47. The molecule has 2 aliphatic rings. The van der Waals surface area contributed by atoms with E-state index in [-0.39, 0.29) is 64.8 Å². The van der Waals surface area contributed by atoms with Gasteiger partial charge in [-0.1, -0.05) is 18.2 Å². The molecule has 0 atom stereocenters. The molecule has 0 saturated heterocycles. The number of amidine groups is 2. The van der Waals surface area contributed by atoms with E-state index >= 15 is 0 Å². The number of hydrogen-bond acceptors (Lipinski definition) is 11. The van der Waals surface area contributed by atoms with Gasteiger partial charge in [0.1, 0.15) is 18.0 Å². The van der Waals surface area contributed by atoms with Crippen molar-refractivity contribution in [2.24, 2.45) is 9.98 Å². The maximum absolute atomic E-state index is 13.4. The molecule has 0 spiro atoms. The SMILES string of the molecule is CCOc1ccc(C#N)cc1OC1=NC(Oc2cc(C(=O)NC(F)(F)F)cc(C(=O)N(C)C)c2Oc2ccccc2)=C2NC(=O)CN=C2N1. The van der Waals surface area contributed by atoms with Gasteiger partial charge >= 0.3 is 12.3 Å². The summed E-state index contributed by atoms with van der Waals surface area (Å²) in [7, 11) is 2.78. The minimum Gasteiger partial charge on any atom is -0.490 e. The first-order valence-electron chi connectivity index (χ1n) is 14.3. The number of carbonyl (C=O) groups excluding carboxylic acids is 3. The molecule has 0 unspecified atom stereocenters. The van der Waals surface area contributed by atoms with Gasteiger partial charge in [0, 0.05) is 25.7 Å². The molecule has 17 heteroatoms. The zero-order valence-electron chi connectivity index (χ0n) is 26.0. The number of ether oxygens (including phenoxy) is 4. The van der Waals surface area contributed by atoms with Crippen molar-refractivity contribution in [3.63, 3.8) is 0 Å². The molecule has 0 radical (unpaired) electrons. The molecular weight excluding hydrogens is 651 g/mol. The van der Waals surface area contributed by atoms with Gasteiger partial charge in [-0.2, -0.15) is 23.4 Å². The van der Waals surface area contributed by atoms with Crippen LogP contribution in [0.25, 0.3) is 0 Å². The van der Waals surface area contributed by atoms with Crippen molar-refractivity contribution in [2.45, 2.75) is 13.2 Å². The third kappa shape index (κ3) is 8.05. The van der Waals surface area contributed by atoms with Crippen molar-refractivity contribution in [1.29, 1.82) is 5.26 Å². The van der Waals surface area contributed by atoms with Gasteiger partial charge in [-0.05, 0) is 43.3 Å². The highest BCUT2D eigenvalue weighted by Crippen LogP contribution is 2.39. The van der Waals surface area contributed by atoms with E-state index < -0.39 is 41.2 Å². The smallest absolute Gasteiger partial charge is 0.484 e. The Hall–Kier alpha value is -6.57. The Labute approximate surface area is 276 Å². The highest BCUT2D eigenvalue weighted by molar-refractivity contribution is 6.13. The van der Waals surface area contributed by atoms with E-state index in [1.165, 1.54) is 32.3 Å². The number of para-hydroxylation sites is 1. The molecule has 3 amide bonds. The molecule has 3 aromatic carbocycles. The number of nitrogens with zero attached hydrogens (tertiary/aromatic N) is 4. The first-order valence-corrected chi connectivity index (χ1v) is 14.3. The number of halogens is 3. The second kappa shape index (κ2) is 14.0. The third-order valence-electron chi connectivity index (χ3n) is 6.48. The molecule has 0 saturated carbocycles. The number of hydrogen-bond donors (Lipinski definition) is 3. The Kier molecular flexibility index (Phi) is 9.69. The van der Waals surface area contributed by atoms with Crippen LogP contribution in [0.4, 0.5) is 13.2 Å². The molecule has 14 nitrogen and oxygen atoms in total. The summed E-state index contributed by atoms with van der Waals surface area (Å²) in [4.78, 5) is 48.1. The summed E-state index contributed by atoms with van der Waals surface area (Å²) in [6.45, 7) is 1.71. The average molecular weight is 678 g/mol. The molecule has 2 heterocycles. The van der Waals surface area contributed by atoms with Crippen LogP contribution in [0.1, 0.15) is 33.2 Å². The van der Waals surface area contributed by atoms with E-state index in [4.69, 9.17) is 18.9 Å². The van der Waals surface area contributed by atoms with Crippen LogP contribution >= 0.6 is 0 Å². The van der Waals surface area contributed by atoms with Crippen molar-refractivity contribution in [3.05, 3.63) is 88.9 Å². The predicted octanol–water partition coefficient (Wildman–Crippen LogP) is 3.82.